The first-order chi connectivity index (χ1) is 7.08. The van der Waals surface area contributed by atoms with Crippen molar-refractivity contribution in [3.8, 4) is 0 Å². The van der Waals surface area contributed by atoms with E-state index in [2.05, 4.69) is 5.32 Å². The van der Waals surface area contributed by atoms with Gasteiger partial charge in [0.05, 0.1) is 6.10 Å². The van der Waals surface area contributed by atoms with Crippen molar-refractivity contribution in [3.63, 3.8) is 0 Å². The lowest BCUT2D eigenvalue weighted by Crippen LogP contribution is -2.05. The van der Waals surface area contributed by atoms with Gasteiger partial charge in [-0.05, 0) is 31.2 Å². The molecule has 0 saturated heterocycles. The molecule has 15 heavy (non-hydrogen) atoms. The number of nitrogens with one attached hydrogen (secondary N) is 1. The van der Waals surface area contributed by atoms with Gasteiger partial charge >= 0.3 is 0 Å². The Hall–Kier alpha value is -1.00. The van der Waals surface area contributed by atoms with Gasteiger partial charge in [-0.1, -0.05) is 0 Å². The van der Waals surface area contributed by atoms with Gasteiger partial charge in [0.15, 0.2) is 0 Å². The molecule has 0 saturated carbocycles. The highest BCUT2D eigenvalue weighted by Gasteiger charge is 1.99. The molecular formula is C11H15NO2S. The Morgan fingerprint density at radius 3 is 2.53 bits per heavy atom. The number of thioether (sulfide) groups is 1. The quantitative estimate of drug-likeness (QED) is 0.772. The molecule has 0 radical (unpaired) electrons. The molecule has 0 aliphatic heterocycles. The standard InChI is InChI=1S/C11H15NO2S/c1-8(13)7-15-11-5-3-10(4-6-11)12-9(2)14/h3-6,8,13H,7H2,1-2H3,(H,12,14)/t8-/m0/s1. The van der Waals surface area contributed by atoms with Crippen LogP contribution >= 0.6 is 11.8 Å². The van der Waals surface area contributed by atoms with E-state index in [-0.39, 0.29) is 12.0 Å². The lowest BCUT2D eigenvalue weighted by molar-refractivity contribution is -0.114. The van der Waals surface area contributed by atoms with Gasteiger partial charge in [-0.2, -0.15) is 0 Å². The molecule has 0 heterocycles. The zero-order valence-corrected chi connectivity index (χ0v) is 9.67. The molecule has 4 heteroatoms. The maximum absolute atomic E-state index is 10.8. The number of aliphatic hydroxyl groups is 1. The van der Waals surface area contributed by atoms with Gasteiger partial charge in [-0.3, -0.25) is 4.79 Å². The van der Waals surface area contributed by atoms with E-state index in [0.717, 1.165) is 10.6 Å². The van der Waals surface area contributed by atoms with Gasteiger partial charge in [0.1, 0.15) is 0 Å². The zero-order chi connectivity index (χ0) is 11.3. The van der Waals surface area contributed by atoms with Crippen LogP contribution in [0.25, 0.3) is 0 Å². The van der Waals surface area contributed by atoms with E-state index >= 15 is 0 Å². The molecule has 0 aromatic heterocycles. The summed E-state index contributed by atoms with van der Waals surface area (Å²) in [7, 11) is 0. The average molecular weight is 225 g/mol. The highest BCUT2D eigenvalue weighted by molar-refractivity contribution is 7.99. The number of hydrogen-bond donors (Lipinski definition) is 2. The van der Waals surface area contributed by atoms with Crippen LogP contribution in [0.15, 0.2) is 29.2 Å². The fourth-order valence-corrected chi connectivity index (χ4v) is 1.82. The molecule has 0 bridgehead atoms. The van der Waals surface area contributed by atoms with Gasteiger partial charge in [0.25, 0.3) is 0 Å². The predicted octanol–water partition coefficient (Wildman–Crippen LogP) is 2.12. The highest BCUT2D eigenvalue weighted by Crippen LogP contribution is 2.20. The third-order valence-electron chi connectivity index (χ3n) is 1.67. The Bertz CT molecular complexity index is 322. The van der Waals surface area contributed by atoms with Gasteiger partial charge < -0.3 is 10.4 Å². The minimum atomic E-state index is -0.301. The third-order valence-corrected chi connectivity index (χ3v) is 2.92. The Morgan fingerprint density at radius 2 is 2.07 bits per heavy atom. The van der Waals surface area contributed by atoms with Crippen LogP contribution in [0.1, 0.15) is 13.8 Å². The van der Waals surface area contributed by atoms with Crippen molar-refractivity contribution in [3.05, 3.63) is 24.3 Å². The van der Waals surface area contributed by atoms with E-state index in [9.17, 15) is 4.79 Å². The largest absolute Gasteiger partial charge is 0.393 e. The highest BCUT2D eigenvalue weighted by atomic mass is 32.2. The van der Waals surface area contributed by atoms with E-state index in [1.165, 1.54) is 6.92 Å². The molecule has 0 aliphatic carbocycles. The number of aliphatic hydroxyl groups excluding tert-OH is 1. The van der Waals surface area contributed by atoms with Crippen molar-refractivity contribution in [1.82, 2.24) is 0 Å². The fourth-order valence-electron chi connectivity index (χ4n) is 1.05. The van der Waals surface area contributed by atoms with Crippen LogP contribution < -0.4 is 5.32 Å². The van der Waals surface area contributed by atoms with E-state index in [4.69, 9.17) is 5.11 Å². The summed E-state index contributed by atoms with van der Waals surface area (Å²) in [5.41, 5.74) is 0.795. The number of rotatable bonds is 4. The summed E-state index contributed by atoms with van der Waals surface area (Å²) in [6, 6.07) is 7.56. The summed E-state index contributed by atoms with van der Waals surface area (Å²) in [5, 5.41) is 11.8. The van der Waals surface area contributed by atoms with E-state index < -0.39 is 0 Å². The Labute approximate surface area is 93.9 Å². The minimum absolute atomic E-state index is 0.0700. The minimum Gasteiger partial charge on any atom is -0.393 e. The number of carbonyl (C=O) groups is 1. The van der Waals surface area contributed by atoms with Gasteiger partial charge in [0, 0.05) is 23.3 Å². The van der Waals surface area contributed by atoms with Crippen LogP contribution in [0.5, 0.6) is 0 Å². The summed E-state index contributed by atoms with van der Waals surface area (Å²) < 4.78 is 0. The van der Waals surface area contributed by atoms with Crippen molar-refractivity contribution >= 4 is 23.4 Å². The molecule has 3 nitrogen and oxygen atoms in total. The first kappa shape index (κ1) is 12.1. The summed E-state index contributed by atoms with van der Waals surface area (Å²) in [5.74, 6) is 0.610. The van der Waals surface area contributed by atoms with Crippen molar-refractivity contribution in [2.24, 2.45) is 0 Å². The maximum atomic E-state index is 10.8. The normalized spacial score (nSPS) is 12.2. The Balaban J connectivity index is 2.52. The lowest BCUT2D eigenvalue weighted by Gasteiger charge is -2.05. The Morgan fingerprint density at radius 1 is 1.47 bits per heavy atom. The van der Waals surface area contributed by atoms with Gasteiger partial charge in [0.2, 0.25) is 5.91 Å². The molecular weight excluding hydrogens is 210 g/mol. The molecule has 82 valence electrons. The second-order valence-corrected chi connectivity index (χ2v) is 4.46. The first-order valence-corrected chi connectivity index (χ1v) is 5.75. The van der Waals surface area contributed by atoms with Gasteiger partial charge in [-0.15, -0.1) is 11.8 Å². The van der Waals surface area contributed by atoms with Crippen LogP contribution in [0.3, 0.4) is 0 Å². The van der Waals surface area contributed by atoms with Gasteiger partial charge in [-0.25, -0.2) is 0 Å². The molecule has 1 aromatic carbocycles. The average Bonchev–Trinajstić information content (AvgIpc) is 2.16. The van der Waals surface area contributed by atoms with Crippen LogP contribution in [0.4, 0.5) is 5.69 Å². The molecule has 1 amide bonds. The molecule has 0 spiro atoms. The van der Waals surface area contributed by atoms with E-state index in [1.54, 1.807) is 18.7 Å². The second kappa shape index (κ2) is 5.78. The SMILES string of the molecule is CC(=O)Nc1ccc(SC[C@H](C)O)cc1. The summed E-state index contributed by atoms with van der Waals surface area (Å²) in [6.45, 7) is 3.24. The van der Waals surface area contributed by atoms with Crippen LogP contribution in [-0.4, -0.2) is 22.9 Å². The number of anilines is 1. The summed E-state index contributed by atoms with van der Waals surface area (Å²) in [4.78, 5) is 11.9. The zero-order valence-electron chi connectivity index (χ0n) is 8.86. The molecule has 0 unspecified atom stereocenters. The summed E-state index contributed by atoms with van der Waals surface area (Å²) >= 11 is 1.59. The third kappa shape index (κ3) is 4.85. The van der Waals surface area contributed by atoms with Crippen molar-refractivity contribution in [1.29, 1.82) is 0 Å². The maximum Gasteiger partial charge on any atom is 0.221 e. The van der Waals surface area contributed by atoms with Crippen LogP contribution in [-0.2, 0) is 4.79 Å². The first-order valence-electron chi connectivity index (χ1n) is 4.76. The van der Waals surface area contributed by atoms with Crippen molar-refractivity contribution in [2.45, 2.75) is 24.8 Å². The number of hydrogen-bond acceptors (Lipinski definition) is 3. The lowest BCUT2D eigenvalue weighted by atomic mass is 10.3. The predicted molar refractivity (Wildman–Crippen MR) is 63.2 cm³/mol. The fraction of sp³-hybridized carbons (Fsp3) is 0.364. The molecule has 1 aromatic rings. The molecule has 1 atom stereocenters. The number of amides is 1. The van der Waals surface area contributed by atoms with Crippen LogP contribution in [0, 0.1) is 0 Å². The number of benzene rings is 1. The number of carbonyl (C=O) groups excluding carboxylic acids is 1. The van der Waals surface area contributed by atoms with E-state index in [0.29, 0.717) is 5.75 Å². The monoisotopic (exact) mass is 225 g/mol. The van der Waals surface area contributed by atoms with Crippen molar-refractivity contribution in [2.75, 3.05) is 11.1 Å². The van der Waals surface area contributed by atoms with Crippen molar-refractivity contribution < 1.29 is 9.90 Å². The topological polar surface area (TPSA) is 49.3 Å². The summed E-state index contributed by atoms with van der Waals surface area (Å²) in [6.07, 6.45) is -0.301. The molecule has 0 aliphatic rings. The van der Waals surface area contributed by atoms with E-state index in [1.807, 2.05) is 24.3 Å². The molecule has 1 rings (SSSR count). The smallest absolute Gasteiger partial charge is 0.221 e. The molecule has 2 N–H and O–H groups in total. The van der Waals surface area contributed by atoms with Crippen LogP contribution in [0.2, 0.25) is 0 Å². The second-order valence-electron chi connectivity index (χ2n) is 3.37. The molecule has 0 fully saturated rings. The Kier molecular flexibility index (Phi) is 4.65.